The van der Waals surface area contributed by atoms with Crippen molar-refractivity contribution < 1.29 is 13.9 Å². The van der Waals surface area contributed by atoms with Crippen LogP contribution < -0.4 is 10.1 Å². The molecule has 0 spiro atoms. The van der Waals surface area contributed by atoms with Crippen molar-refractivity contribution in [1.29, 1.82) is 0 Å². The lowest BCUT2D eigenvalue weighted by Gasteiger charge is -2.08. The summed E-state index contributed by atoms with van der Waals surface area (Å²) in [5.41, 5.74) is 2.24. The summed E-state index contributed by atoms with van der Waals surface area (Å²) in [6, 6.07) is 9.57. The summed E-state index contributed by atoms with van der Waals surface area (Å²) in [7, 11) is 0. The van der Waals surface area contributed by atoms with Crippen LogP contribution in [0.1, 0.15) is 40.3 Å². The first kappa shape index (κ1) is 14.7. The van der Waals surface area contributed by atoms with E-state index in [1.54, 1.807) is 12.1 Å². The number of rotatable bonds is 6. The summed E-state index contributed by atoms with van der Waals surface area (Å²) < 4.78 is 11.3. The number of nitrogens with one attached hydrogen (secondary N) is 1. The van der Waals surface area contributed by atoms with Crippen molar-refractivity contribution in [2.75, 3.05) is 6.54 Å². The minimum Gasteiger partial charge on any atom is -0.485 e. The van der Waals surface area contributed by atoms with Crippen LogP contribution in [0.5, 0.6) is 5.75 Å². The fourth-order valence-corrected chi connectivity index (χ4v) is 2.24. The zero-order valence-electron chi connectivity index (χ0n) is 13.0. The number of hydrogen-bond donors (Lipinski definition) is 1. The number of furan rings is 1. The first-order chi connectivity index (χ1) is 10.6. The third kappa shape index (κ3) is 3.70. The van der Waals surface area contributed by atoms with Gasteiger partial charge in [0.05, 0.1) is 0 Å². The largest absolute Gasteiger partial charge is 0.485 e. The molecule has 3 rings (SSSR count). The summed E-state index contributed by atoms with van der Waals surface area (Å²) in [6.45, 7) is 5.10. The maximum atomic E-state index is 11.9. The van der Waals surface area contributed by atoms with Crippen LogP contribution in [0.4, 0.5) is 0 Å². The molecule has 0 saturated heterocycles. The van der Waals surface area contributed by atoms with Crippen molar-refractivity contribution in [2.45, 2.75) is 33.3 Å². The Balaban J connectivity index is 1.56. The summed E-state index contributed by atoms with van der Waals surface area (Å²) in [4.78, 5) is 11.9. The molecular weight excluding hydrogens is 278 g/mol. The van der Waals surface area contributed by atoms with Gasteiger partial charge in [0.15, 0.2) is 5.76 Å². The molecule has 1 heterocycles. The summed E-state index contributed by atoms with van der Waals surface area (Å²) >= 11 is 0. The predicted octanol–water partition coefficient (Wildman–Crippen LogP) is 3.62. The monoisotopic (exact) mass is 299 g/mol. The van der Waals surface area contributed by atoms with Crippen LogP contribution in [0, 0.1) is 19.8 Å². The van der Waals surface area contributed by atoms with E-state index in [2.05, 4.69) is 11.4 Å². The molecule has 2 aromatic rings. The second-order valence-corrected chi connectivity index (χ2v) is 5.98. The van der Waals surface area contributed by atoms with E-state index in [-0.39, 0.29) is 5.91 Å². The van der Waals surface area contributed by atoms with Gasteiger partial charge in [0, 0.05) is 6.54 Å². The Labute approximate surface area is 130 Å². The molecule has 116 valence electrons. The molecular formula is C18H21NO3. The number of aryl methyl sites for hydroxylation is 2. The Morgan fingerprint density at radius 1 is 1.27 bits per heavy atom. The van der Waals surface area contributed by atoms with Crippen molar-refractivity contribution in [2.24, 2.45) is 5.92 Å². The molecule has 1 N–H and O–H groups in total. The normalized spacial score (nSPS) is 13.9. The Hall–Kier alpha value is -2.23. The number of hydrogen-bond acceptors (Lipinski definition) is 3. The van der Waals surface area contributed by atoms with Crippen molar-refractivity contribution in [1.82, 2.24) is 5.32 Å². The fourth-order valence-electron chi connectivity index (χ4n) is 2.24. The Morgan fingerprint density at radius 3 is 2.86 bits per heavy atom. The molecule has 0 unspecified atom stereocenters. The van der Waals surface area contributed by atoms with Gasteiger partial charge in [0.2, 0.25) is 0 Å². The number of ether oxygens (including phenoxy) is 1. The first-order valence-corrected chi connectivity index (χ1v) is 7.69. The summed E-state index contributed by atoms with van der Waals surface area (Å²) in [5, 5.41) is 2.89. The number of carbonyl (C=O) groups excluding carboxylic acids is 1. The van der Waals surface area contributed by atoms with Gasteiger partial charge in [0.25, 0.3) is 5.91 Å². The van der Waals surface area contributed by atoms with Gasteiger partial charge in [-0.1, -0.05) is 12.1 Å². The summed E-state index contributed by atoms with van der Waals surface area (Å²) in [6.07, 6.45) is 2.43. The lowest BCUT2D eigenvalue weighted by molar-refractivity contribution is 0.0920. The molecule has 1 aliphatic rings. The van der Waals surface area contributed by atoms with Gasteiger partial charge < -0.3 is 14.5 Å². The average Bonchev–Trinajstić information content (AvgIpc) is 3.22. The van der Waals surface area contributed by atoms with Crippen molar-refractivity contribution >= 4 is 5.91 Å². The van der Waals surface area contributed by atoms with Crippen molar-refractivity contribution in [3.63, 3.8) is 0 Å². The van der Waals surface area contributed by atoms with Gasteiger partial charge in [-0.05, 0) is 61.9 Å². The second-order valence-electron chi connectivity index (χ2n) is 5.98. The molecule has 1 saturated carbocycles. The Bertz CT molecular complexity index is 671. The van der Waals surface area contributed by atoms with Crippen LogP contribution in [-0.4, -0.2) is 12.5 Å². The molecule has 22 heavy (non-hydrogen) atoms. The Morgan fingerprint density at radius 2 is 2.09 bits per heavy atom. The molecule has 1 fully saturated rings. The number of carbonyl (C=O) groups is 1. The van der Waals surface area contributed by atoms with Gasteiger partial charge in [-0.3, -0.25) is 4.79 Å². The van der Waals surface area contributed by atoms with E-state index >= 15 is 0 Å². The van der Waals surface area contributed by atoms with Crippen LogP contribution in [-0.2, 0) is 6.61 Å². The molecule has 1 aliphatic carbocycles. The zero-order chi connectivity index (χ0) is 15.5. The minimum absolute atomic E-state index is 0.148. The molecule has 0 aliphatic heterocycles. The van der Waals surface area contributed by atoms with Crippen molar-refractivity contribution in [3.05, 3.63) is 53.0 Å². The van der Waals surface area contributed by atoms with Gasteiger partial charge in [0.1, 0.15) is 18.1 Å². The van der Waals surface area contributed by atoms with Crippen LogP contribution in [0.2, 0.25) is 0 Å². The average molecular weight is 299 g/mol. The predicted molar refractivity (Wildman–Crippen MR) is 84.0 cm³/mol. The van der Waals surface area contributed by atoms with Crippen LogP contribution >= 0.6 is 0 Å². The van der Waals surface area contributed by atoms with E-state index < -0.39 is 0 Å². The van der Waals surface area contributed by atoms with E-state index in [9.17, 15) is 4.79 Å². The number of benzene rings is 1. The molecule has 0 atom stereocenters. The molecule has 1 amide bonds. The third-order valence-corrected chi connectivity index (χ3v) is 3.85. The maximum absolute atomic E-state index is 11.9. The van der Waals surface area contributed by atoms with Gasteiger partial charge in [-0.15, -0.1) is 0 Å². The molecule has 0 bridgehead atoms. The van der Waals surface area contributed by atoms with E-state index in [4.69, 9.17) is 9.15 Å². The quantitative estimate of drug-likeness (QED) is 0.886. The molecule has 1 aromatic heterocycles. The molecule has 1 aromatic carbocycles. The lowest BCUT2D eigenvalue weighted by atomic mass is 10.1. The highest BCUT2D eigenvalue weighted by molar-refractivity contribution is 5.91. The van der Waals surface area contributed by atoms with Crippen LogP contribution in [0.15, 0.2) is 34.7 Å². The highest BCUT2D eigenvalue weighted by Crippen LogP contribution is 2.27. The lowest BCUT2D eigenvalue weighted by Crippen LogP contribution is -2.24. The van der Waals surface area contributed by atoms with E-state index in [0.29, 0.717) is 24.0 Å². The van der Waals surface area contributed by atoms with E-state index in [0.717, 1.165) is 23.4 Å². The standard InChI is InChI=1S/C18H21NO3/c1-12-3-4-13(2)17(9-12)21-11-15-7-8-16(22-15)18(20)19-10-14-5-6-14/h3-4,7-9,14H,5-6,10-11H2,1-2H3,(H,19,20). The minimum atomic E-state index is -0.148. The second kappa shape index (κ2) is 6.26. The third-order valence-electron chi connectivity index (χ3n) is 3.85. The fraction of sp³-hybridized carbons (Fsp3) is 0.389. The van der Waals surface area contributed by atoms with E-state index in [1.165, 1.54) is 12.8 Å². The van der Waals surface area contributed by atoms with Gasteiger partial charge >= 0.3 is 0 Å². The maximum Gasteiger partial charge on any atom is 0.287 e. The van der Waals surface area contributed by atoms with Crippen LogP contribution in [0.3, 0.4) is 0 Å². The van der Waals surface area contributed by atoms with E-state index in [1.807, 2.05) is 26.0 Å². The molecule has 4 heteroatoms. The smallest absolute Gasteiger partial charge is 0.287 e. The van der Waals surface area contributed by atoms with Crippen LogP contribution in [0.25, 0.3) is 0 Å². The molecule has 0 radical (unpaired) electrons. The van der Waals surface area contributed by atoms with Gasteiger partial charge in [-0.25, -0.2) is 0 Å². The highest BCUT2D eigenvalue weighted by atomic mass is 16.5. The Kier molecular flexibility index (Phi) is 4.18. The SMILES string of the molecule is Cc1ccc(C)c(OCc2ccc(C(=O)NCC3CC3)o2)c1. The topological polar surface area (TPSA) is 51.5 Å². The van der Waals surface area contributed by atoms with Gasteiger partial charge in [-0.2, -0.15) is 0 Å². The zero-order valence-corrected chi connectivity index (χ0v) is 13.0. The van der Waals surface area contributed by atoms with Crippen molar-refractivity contribution in [3.8, 4) is 5.75 Å². The highest BCUT2D eigenvalue weighted by Gasteiger charge is 2.22. The number of amides is 1. The molecule has 4 nitrogen and oxygen atoms in total. The summed E-state index contributed by atoms with van der Waals surface area (Å²) in [5.74, 6) is 2.35. The first-order valence-electron chi connectivity index (χ1n) is 7.69.